The Morgan fingerprint density at radius 2 is 1.86 bits per heavy atom. The SMILES string of the molecule is O=C(Nc1ccccc1)c1cc([C@H]2CCN(C(=O)c3ccc(F)cc3)C2)[nH]n1. The van der Waals surface area contributed by atoms with Crippen LogP contribution in [0.5, 0.6) is 0 Å². The van der Waals surface area contributed by atoms with E-state index in [2.05, 4.69) is 15.5 Å². The van der Waals surface area contributed by atoms with Crippen molar-refractivity contribution in [1.29, 1.82) is 0 Å². The average molecular weight is 378 g/mol. The number of likely N-dealkylation sites (tertiary alicyclic amines) is 1. The Labute approximate surface area is 161 Å². The molecule has 142 valence electrons. The summed E-state index contributed by atoms with van der Waals surface area (Å²) in [6.07, 6.45) is 0.773. The van der Waals surface area contributed by atoms with Gasteiger partial charge in [-0.25, -0.2) is 4.39 Å². The van der Waals surface area contributed by atoms with Crippen LogP contribution in [0.1, 0.15) is 38.9 Å². The zero-order chi connectivity index (χ0) is 19.5. The summed E-state index contributed by atoms with van der Waals surface area (Å²) in [7, 11) is 0. The molecule has 0 spiro atoms. The molecule has 28 heavy (non-hydrogen) atoms. The molecule has 1 saturated heterocycles. The number of para-hydroxylation sites is 1. The molecule has 2 heterocycles. The van der Waals surface area contributed by atoms with Crippen LogP contribution in [0.2, 0.25) is 0 Å². The molecule has 1 aliphatic rings. The number of hydrogen-bond acceptors (Lipinski definition) is 3. The van der Waals surface area contributed by atoms with Crippen LogP contribution in [0, 0.1) is 5.82 Å². The molecule has 1 fully saturated rings. The maximum Gasteiger partial charge on any atom is 0.276 e. The first kappa shape index (κ1) is 17.9. The van der Waals surface area contributed by atoms with Crippen molar-refractivity contribution in [2.75, 3.05) is 18.4 Å². The molecule has 0 bridgehead atoms. The van der Waals surface area contributed by atoms with Gasteiger partial charge in [-0.05, 0) is 48.9 Å². The molecule has 2 N–H and O–H groups in total. The fraction of sp³-hybridized carbons (Fsp3) is 0.190. The number of anilines is 1. The Morgan fingerprint density at radius 3 is 2.61 bits per heavy atom. The molecule has 7 heteroatoms. The summed E-state index contributed by atoms with van der Waals surface area (Å²) >= 11 is 0. The van der Waals surface area contributed by atoms with Gasteiger partial charge in [-0.2, -0.15) is 5.10 Å². The smallest absolute Gasteiger partial charge is 0.276 e. The van der Waals surface area contributed by atoms with Gasteiger partial charge in [-0.15, -0.1) is 0 Å². The number of carbonyl (C=O) groups excluding carboxylic acids is 2. The highest BCUT2D eigenvalue weighted by Gasteiger charge is 2.29. The molecule has 0 saturated carbocycles. The van der Waals surface area contributed by atoms with Crippen LogP contribution in [0.3, 0.4) is 0 Å². The summed E-state index contributed by atoms with van der Waals surface area (Å²) in [5, 5.41) is 9.83. The number of aromatic amines is 1. The van der Waals surface area contributed by atoms with Crippen LogP contribution in [0.25, 0.3) is 0 Å². The molecule has 2 amide bonds. The van der Waals surface area contributed by atoms with Crippen LogP contribution >= 0.6 is 0 Å². The standard InChI is InChI=1S/C21H19FN4O2/c22-16-8-6-14(7-9-16)21(28)26-11-10-15(13-26)18-12-19(25-24-18)20(27)23-17-4-2-1-3-5-17/h1-9,12,15H,10-11,13H2,(H,23,27)(H,24,25)/t15-/m0/s1. The van der Waals surface area contributed by atoms with E-state index in [1.54, 1.807) is 23.1 Å². The molecule has 3 aromatic rings. The Bertz CT molecular complexity index is 985. The minimum Gasteiger partial charge on any atom is -0.338 e. The van der Waals surface area contributed by atoms with Gasteiger partial charge in [0.15, 0.2) is 5.69 Å². The van der Waals surface area contributed by atoms with Crippen molar-refractivity contribution in [2.45, 2.75) is 12.3 Å². The summed E-state index contributed by atoms with van der Waals surface area (Å²) in [6, 6.07) is 16.5. The first-order valence-corrected chi connectivity index (χ1v) is 9.07. The molecular formula is C21H19FN4O2. The van der Waals surface area contributed by atoms with E-state index in [1.165, 1.54) is 24.3 Å². The van der Waals surface area contributed by atoms with Crippen LogP contribution in [0.4, 0.5) is 10.1 Å². The summed E-state index contributed by atoms with van der Waals surface area (Å²) in [4.78, 5) is 26.6. The predicted octanol–water partition coefficient (Wildman–Crippen LogP) is 3.43. The molecule has 1 aliphatic heterocycles. The fourth-order valence-corrected chi connectivity index (χ4v) is 3.35. The maximum absolute atomic E-state index is 13.0. The molecule has 0 unspecified atom stereocenters. The Kier molecular flexibility index (Phi) is 4.89. The van der Waals surface area contributed by atoms with Crippen LogP contribution in [-0.4, -0.2) is 40.0 Å². The van der Waals surface area contributed by atoms with E-state index in [4.69, 9.17) is 0 Å². The number of hydrogen-bond donors (Lipinski definition) is 2. The zero-order valence-electron chi connectivity index (χ0n) is 15.1. The molecular weight excluding hydrogens is 359 g/mol. The lowest BCUT2D eigenvalue weighted by atomic mass is 10.0. The number of halogens is 1. The molecule has 4 rings (SSSR count). The minimum atomic E-state index is -0.366. The lowest BCUT2D eigenvalue weighted by Gasteiger charge is -2.16. The molecule has 0 radical (unpaired) electrons. The summed E-state index contributed by atoms with van der Waals surface area (Å²) in [5.74, 6) is -0.695. The van der Waals surface area contributed by atoms with Crippen LogP contribution in [0.15, 0.2) is 60.7 Å². The number of amides is 2. The highest BCUT2D eigenvalue weighted by Crippen LogP contribution is 2.27. The fourth-order valence-electron chi connectivity index (χ4n) is 3.35. The summed E-state index contributed by atoms with van der Waals surface area (Å²) in [6.45, 7) is 1.13. The van der Waals surface area contributed by atoms with Gasteiger partial charge < -0.3 is 10.2 Å². The van der Waals surface area contributed by atoms with Crippen molar-refractivity contribution < 1.29 is 14.0 Å². The quantitative estimate of drug-likeness (QED) is 0.730. The highest BCUT2D eigenvalue weighted by molar-refractivity contribution is 6.02. The second-order valence-electron chi connectivity index (χ2n) is 6.77. The van der Waals surface area contributed by atoms with Gasteiger partial charge in [0.1, 0.15) is 5.82 Å². The molecule has 2 aromatic carbocycles. The first-order chi connectivity index (χ1) is 13.6. The van der Waals surface area contributed by atoms with E-state index in [0.29, 0.717) is 30.0 Å². The minimum absolute atomic E-state index is 0.0789. The number of H-pyrrole nitrogens is 1. The molecule has 1 atom stereocenters. The third-order valence-corrected chi connectivity index (χ3v) is 4.87. The van der Waals surface area contributed by atoms with E-state index in [-0.39, 0.29) is 23.5 Å². The third kappa shape index (κ3) is 3.78. The number of nitrogens with zero attached hydrogens (tertiary/aromatic N) is 2. The normalized spacial score (nSPS) is 16.2. The number of rotatable bonds is 4. The summed E-state index contributed by atoms with van der Waals surface area (Å²) in [5.41, 5.74) is 2.30. The number of carbonyl (C=O) groups is 2. The number of nitrogens with one attached hydrogen (secondary N) is 2. The molecule has 6 nitrogen and oxygen atoms in total. The number of benzene rings is 2. The van der Waals surface area contributed by atoms with Crippen molar-refractivity contribution in [2.24, 2.45) is 0 Å². The van der Waals surface area contributed by atoms with Gasteiger partial charge in [-0.1, -0.05) is 18.2 Å². The summed E-state index contributed by atoms with van der Waals surface area (Å²) < 4.78 is 13.0. The first-order valence-electron chi connectivity index (χ1n) is 9.07. The van der Waals surface area contributed by atoms with E-state index < -0.39 is 0 Å². The largest absolute Gasteiger partial charge is 0.338 e. The lowest BCUT2D eigenvalue weighted by molar-refractivity contribution is 0.0790. The monoisotopic (exact) mass is 378 g/mol. The Balaban J connectivity index is 1.40. The van der Waals surface area contributed by atoms with E-state index >= 15 is 0 Å². The lowest BCUT2D eigenvalue weighted by Crippen LogP contribution is -2.28. The van der Waals surface area contributed by atoms with Gasteiger partial charge >= 0.3 is 0 Å². The molecule has 0 aliphatic carbocycles. The van der Waals surface area contributed by atoms with E-state index in [9.17, 15) is 14.0 Å². The highest BCUT2D eigenvalue weighted by atomic mass is 19.1. The van der Waals surface area contributed by atoms with Gasteiger partial charge in [0.25, 0.3) is 11.8 Å². The van der Waals surface area contributed by atoms with Gasteiger partial charge in [0, 0.05) is 36.0 Å². The van der Waals surface area contributed by atoms with Crippen LogP contribution in [-0.2, 0) is 0 Å². The predicted molar refractivity (Wildman–Crippen MR) is 103 cm³/mol. The van der Waals surface area contributed by atoms with Gasteiger partial charge in [0.05, 0.1) is 0 Å². The van der Waals surface area contributed by atoms with E-state index in [1.807, 2.05) is 18.2 Å². The van der Waals surface area contributed by atoms with Gasteiger partial charge in [-0.3, -0.25) is 14.7 Å². The van der Waals surface area contributed by atoms with Crippen molar-refractivity contribution >= 4 is 17.5 Å². The molecule has 1 aromatic heterocycles. The van der Waals surface area contributed by atoms with Gasteiger partial charge in [0.2, 0.25) is 0 Å². The number of aromatic nitrogens is 2. The maximum atomic E-state index is 13.0. The second-order valence-corrected chi connectivity index (χ2v) is 6.77. The third-order valence-electron chi connectivity index (χ3n) is 4.87. The van der Waals surface area contributed by atoms with Crippen molar-refractivity contribution in [3.63, 3.8) is 0 Å². The zero-order valence-corrected chi connectivity index (χ0v) is 15.1. The second kappa shape index (κ2) is 7.64. The van der Waals surface area contributed by atoms with Crippen LogP contribution < -0.4 is 5.32 Å². The topological polar surface area (TPSA) is 78.1 Å². The van der Waals surface area contributed by atoms with Crippen molar-refractivity contribution in [3.05, 3.63) is 83.4 Å². The Morgan fingerprint density at radius 1 is 1.11 bits per heavy atom. The van der Waals surface area contributed by atoms with Crippen molar-refractivity contribution in [1.82, 2.24) is 15.1 Å². The average Bonchev–Trinajstić information content (AvgIpc) is 3.38. The Hall–Kier alpha value is -3.48. The van der Waals surface area contributed by atoms with E-state index in [0.717, 1.165) is 12.1 Å². The van der Waals surface area contributed by atoms with Crippen molar-refractivity contribution in [3.8, 4) is 0 Å².